The molecule has 0 aromatic heterocycles. The zero-order chi connectivity index (χ0) is 16.1. The van der Waals surface area contributed by atoms with Crippen molar-refractivity contribution < 1.29 is 4.79 Å². The zero-order valence-electron chi connectivity index (χ0n) is 13.7. The van der Waals surface area contributed by atoms with Crippen molar-refractivity contribution in [1.29, 1.82) is 0 Å². The van der Waals surface area contributed by atoms with Crippen molar-refractivity contribution in [2.75, 3.05) is 7.05 Å². The molecule has 0 fully saturated rings. The second-order valence-corrected chi connectivity index (χ2v) is 7.17. The van der Waals surface area contributed by atoms with Crippen molar-refractivity contribution in [2.24, 2.45) is 0 Å². The van der Waals surface area contributed by atoms with Gasteiger partial charge in [0.1, 0.15) is 0 Å². The molecule has 0 N–H and O–H groups in total. The molecule has 0 saturated heterocycles. The van der Waals surface area contributed by atoms with Crippen molar-refractivity contribution in [3.8, 4) is 0 Å². The monoisotopic (exact) mass is 313 g/mol. The fourth-order valence-corrected chi connectivity index (χ4v) is 3.21. The fourth-order valence-electron chi connectivity index (χ4n) is 2.23. The molecular weight excluding hydrogens is 290 g/mol. The van der Waals surface area contributed by atoms with Gasteiger partial charge >= 0.3 is 0 Å². The van der Waals surface area contributed by atoms with E-state index >= 15 is 0 Å². The number of nitrogens with zero attached hydrogens (tertiary/aromatic N) is 1. The molecule has 0 aliphatic carbocycles. The molecule has 0 saturated carbocycles. The molecular formula is C19H23NOS. The third-order valence-corrected chi connectivity index (χ3v) is 4.70. The molecule has 2 nitrogen and oxygen atoms in total. The molecule has 3 heteroatoms. The molecule has 1 atom stereocenters. The summed E-state index contributed by atoms with van der Waals surface area (Å²) in [5.41, 5.74) is 3.63. The number of hydrogen-bond donors (Lipinski definition) is 0. The average Bonchev–Trinajstić information content (AvgIpc) is 2.51. The molecule has 22 heavy (non-hydrogen) atoms. The lowest BCUT2D eigenvalue weighted by Gasteiger charge is -2.21. The first-order valence-corrected chi connectivity index (χ1v) is 8.37. The minimum absolute atomic E-state index is 0.0850. The van der Waals surface area contributed by atoms with Crippen LogP contribution in [0.3, 0.4) is 0 Å². The Balaban J connectivity index is 1.94. The first-order chi connectivity index (χ1) is 10.5. The van der Waals surface area contributed by atoms with Crippen LogP contribution in [0.1, 0.15) is 23.6 Å². The van der Waals surface area contributed by atoms with Crippen molar-refractivity contribution in [3.63, 3.8) is 0 Å². The highest BCUT2D eigenvalue weighted by molar-refractivity contribution is 8.00. The molecule has 116 valence electrons. The molecule has 0 radical (unpaired) electrons. The van der Waals surface area contributed by atoms with Gasteiger partial charge in [-0.1, -0.05) is 47.5 Å². The van der Waals surface area contributed by atoms with Gasteiger partial charge in [0.2, 0.25) is 5.91 Å². The van der Waals surface area contributed by atoms with Crippen LogP contribution in [0.25, 0.3) is 0 Å². The Morgan fingerprint density at radius 2 is 1.50 bits per heavy atom. The summed E-state index contributed by atoms with van der Waals surface area (Å²) < 4.78 is 0. The van der Waals surface area contributed by atoms with E-state index in [0.717, 1.165) is 10.5 Å². The van der Waals surface area contributed by atoms with Gasteiger partial charge in [-0.15, -0.1) is 11.8 Å². The highest BCUT2D eigenvalue weighted by Gasteiger charge is 2.18. The van der Waals surface area contributed by atoms with Crippen molar-refractivity contribution in [3.05, 3.63) is 65.2 Å². The van der Waals surface area contributed by atoms with Gasteiger partial charge in [0.15, 0.2) is 0 Å². The lowest BCUT2D eigenvalue weighted by Crippen LogP contribution is -2.32. The van der Waals surface area contributed by atoms with E-state index in [1.807, 2.05) is 14.0 Å². The number of carbonyl (C=O) groups excluding carboxylic acids is 1. The summed E-state index contributed by atoms with van der Waals surface area (Å²) in [6.07, 6.45) is 0. The van der Waals surface area contributed by atoms with Crippen LogP contribution in [-0.4, -0.2) is 23.1 Å². The summed E-state index contributed by atoms with van der Waals surface area (Å²) in [4.78, 5) is 15.4. The van der Waals surface area contributed by atoms with E-state index in [1.54, 1.807) is 16.7 Å². The third-order valence-electron chi connectivity index (χ3n) is 3.60. The smallest absolute Gasteiger partial charge is 0.235 e. The minimum Gasteiger partial charge on any atom is -0.340 e. The molecule has 0 heterocycles. The van der Waals surface area contributed by atoms with Crippen molar-refractivity contribution in [1.82, 2.24) is 4.90 Å². The molecule has 0 aliphatic heterocycles. The lowest BCUT2D eigenvalue weighted by atomic mass is 10.1. The summed E-state index contributed by atoms with van der Waals surface area (Å²) in [6.45, 7) is 6.76. The maximum Gasteiger partial charge on any atom is 0.235 e. The van der Waals surface area contributed by atoms with E-state index in [9.17, 15) is 4.79 Å². The van der Waals surface area contributed by atoms with Crippen LogP contribution in [0.15, 0.2) is 53.4 Å². The predicted molar refractivity (Wildman–Crippen MR) is 94.2 cm³/mol. The van der Waals surface area contributed by atoms with Crippen molar-refractivity contribution >= 4 is 17.7 Å². The highest BCUT2D eigenvalue weighted by atomic mass is 32.2. The fraction of sp³-hybridized carbons (Fsp3) is 0.316. The highest BCUT2D eigenvalue weighted by Crippen LogP contribution is 2.24. The van der Waals surface area contributed by atoms with E-state index in [-0.39, 0.29) is 11.2 Å². The van der Waals surface area contributed by atoms with Gasteiger partial charge in [0.05, 0.1) is 5.25 Å². The second kappa shape index (κ2) is 7.50. The zero-order valence-corrected chi connectivity index (χ0v) is 14.5. The number of amides is 1. The summed E-state index contributed by atoms with van der Waals surface area (Å²) >= 11 is 1.61. The maximum absolute atomic E-state index is 12.5. The molecule has 1 amide bonds. The SMILES string of the molecule is Cc1ccc(CN(C)C(=O)[C@@H](C)Sc2ccc(C)cc2)cc1. The summed E-state index contributed by atoms with van der Waals surface area (Å²) in [5, 5.41) is -0.0850. The standard InChI is InChI=1S/C19H23NOS/c1-14-5-9-17(10-6-14)13-20(4)19(21)16(3)22-18-11-7-15(2)8-12-18/h5-12,16H,13H2,1-4H3/t16-/m1/s1. The van der Waals surface area contributed by atoms with Gasteiger partial charge in [0, 0.05) is 18.5 Å². The Morgan fingerprint density at radius 3 is 2.05 bits per heavy atom. The van der Waals surface area contributed by atoms with Gasteiger partial charge in [0.25, 0.3) is 0 Å². The topological polar surface area (TPSA) is 20.3 Å². The number of thioether (sulfide) groups is 1. The Hall–Kier alpha value is -1.74. The number of rotatable bonds is 5. The number of hydrogen-bond acceptors (Lipinski definition) is 2. The minimum atomic E-state index is -0.0850. The van der Waals surface area contributed by atoms with E-state index in [2.05, 4.69) is 62.4 Å². The Bertz CT molecular complexity index is 563. The Labute approximate surface area is 137 Å². The van der Waals surface area contributed by atoms with E-state index in [1.165, 1.54) is 11.1 Å². The largest absolute Gasteiger partial charge is 0.340 e. The number of benzene rings is 2. The summed E-state index contributed by atoms with van der Waals surface area (Å²) in [6, 6.07) is 16.6. The molecule has 2 aromatic rings. The van der Waals surface area contributed by atoms with Gasteiger partial charge in [-0.2, -0.15) is 0 Å². The molecule has 2 aromatic carbocycles. The van der Waals surface area contributed by atoms with Gasteiger partial charge in [-0.3, -0.25) is 4.79 Å². The molecule has 0 spiro atoms. The van der Waals surface area contributed by atoms with E-state index in [0.29, 0.717) is 6.54 Å². The van der Waals surface area contributed by atoms with Crippen LogP contribution in [0.2, 0.25) is 0 Å². The van der Waals surface area contributed by atoms with Gasteiger partial charge in [-0.05, 0) is 38.5 Å². The van der Waals surface area contributed by atoms with Crippen LogP contribution in [0.4, 0.5) is 0 Å². The van der Waals surface area contributed by atoms with Crippen LogP contribution >= 0.6 is 11.8 Å². The predicted octanol–water partition coefficient (Wildman–Crippen LogP) is 4.44. The molecule has 0 unspecified atom stereocenters. The van der Waals surface area contributed by atoms with Crippen LogP contribution in [0, 0.1) is 13.8 Å². The first-order valence-electron chi connectivity index (χ1n) is 7.49. The molecule has 2 rings (SSSR count). The maximum atomic E-state index is 12.5. The molecule has 0 bridgehead atoms. The average molecular weight is 313 g/mol. The summed E-state index contributed by atoms with van der Waals surface area (Å²) in [7, 11) is 1.87. The quantitative estimate of drug-likeness (QED) is 0.760. The van der Waals surface area contributed by atoms with E-state index in [4.69, 9.17) is 0 Å². The van der Waals surface area contributed by atoms with E-state index < -0.39 is 0 Å². The lowest BCUT2D eigenvalue weighted by molar-refractivity contribution is -0.129. The number of carbonyl (C=O) groups is 1. The van der Waals surface area contributed by atoms with Gasteiger partial charge in [-0.25, -0.2) is 0 Å². The van der Waals surface area contributed by atoms with Gasteiger partial charge < -0.3 is 4.90 Å². The normalized spacial score (nSPS) is 12.0. The van der Waals surface area contributed by atoms with Crippen LogP contribution < -0.4 is 0 Å². The summed E-state index contributed by atoms with van der Waals surface area (Å²) in [5.74, 6) is 0.158. The Morgan fingerprint density at radius 1 is 1.00 bits per heavy atom. The van der Waals surface area contributed by atoms with Crippen molar-refractivity contribution in [2.45, 2.75) is 37.5 Å². The molecule has 0 aliphatic rings. The first kappa shape index (κ1) is 16.6. The Kier molecular flexibility index (Phi) is 5.67. The van der Waals surface area contributed by atoms with Crippen LogP contribution in [-0.2, 0) is 11.3 Å². The third kappa shape index (κ3) is 4.63. The second-order valence-electron chi connectivity index (χ2n) is 5.75. The van der Waals surface area contributed by atoms with Crippen LogP contribution in [0.5, 0.6) is 0 Å². The number of aryl methyl sites for hydroxylation is 2.